The van der Waals surface area contributed by atoms with E-state index in [0.29, 0.717) is 0 Å². The van der Waals surface area contributed by atoms with Crippen molar-refractivity contribution in [2.75, 3.05) is 0 Å². The first-order valence-electron chi connectivity index (χ1n) is 18.2. The van der Waals surface area contributed by atoms with Crippen molar-refractivity contribution in [3.63, 3.8) is 0 Å². The summed E-state index contributed by atoms with van der Waals surface area (Å²) in [5, 5.41) is 5.00. The van der Waals surface area contributed by atoms with Crippen molar-refractivity contribution in [2.45, 2.75) is 33.1 Å². The van der Waals surface area contributed by atoms with E-state index in [4.69, 9.17) is 9.47 Å². The van der Waals surface area contributed by atoms with Crippen LogP contribution in [0.25, 0.3) is 54.9 Å². The molecule has 8 aromatic rings. The van der Waals surface area contributed by atoms with Crippen molar-refractivity contribution in [1.29, 1.82) is 0 Å². The number of hydrogen-bond donors (Lipinski definition) is 0. The number of benzene rings is 8. The van der Waals surface area contributed by atoms with Gasteiger partial charge in [0.15, 0.2) is 0 Å². The highest BCUT2D eigenvalue weighted by Crippen LogP contribution is 2.47. The fourth-order valence-corrected chi connectivity index (χ4v) is 8.59. The van der Waals surface area contributed by atoms with Gasteiger partial charge in [-0.1, -0.05) is 148 Å². The van der Waals surface area contributed by atoms with Gasteiger partial charge < -0.3 is 9.47 Å². The van der Waals surface area contributed by atoms with Gasteiger partial charge in [-0.15, -0.1) is 0 Å². The second-order valence-corrected chi connectivity index (χ2v) is 15.3. The molecule has 0 bridgehead atoms. The van der Waals surface area contributed by atoms with Crippen molar-refractivity contribution in [3.8, 4) is 56.4 Å². The maximum Gasteiger partial charge on any atom is 0.260 e. The van der Waals surface area contributed by atoms with Crippen LogP contribution in [-0.4, -0.2) is 6.71 Å². The maximum absolute atomic E-state index is 6.84. The van der Waals surface area contributed by atoms with Crippen molar-refractivity contribution in [1.82, 2.24) is 0 Å². The highest BCUT2D eigenvalue weighted by atomic mass is 16.5. The van der Waals surface area contributed by atoms with Crippen LogP contribution in [0.5, 0.6) is 23.0 Å². The lowest BCUT2D eigenvalue weighted by Crippen LogP contribution is -2.57. The van der Waals surface area contributed by atoms with Crippen LogP contribution < -0.4 is 25.9 Å². The molecule has 0 unspecified atom stereocenters. The van der Waals surface area contributed by atoms with Crippen LogP contribution in [0.15, 0.2) is 152 Å². The normalized spacial score (nSPS) is 12.9. The molecule has 2 aliphatic heterocycles. The second kappa shape index (κ2) is 11.5. The Morgan fingerprint density at radius 2 is 0.962 bits per heavy atom. The summed E-state index contributed by atoms with van der Waals surface area (Å²) < 4.78 is 13.6. The van der Waals surface area contributed by atoms with Gasteiger partial charge in [0.2, 0.25) is 0 Å². The zero-order valence-corrected chi connectivity index (χ0v) is 29.8. The maximum atomic E-state index is 6.84. The smallest absolute Gasteiger partial charge is 0.260 e. The molecule has 2 aliphatic rings. The minimum Gasteiger partial charge on any atom is -0.458 e. The zero-order valence-electron chi connectivity index (χ0n) is 29.8. The number of fused-ring (bicyclic) bond motifs is 6. The first kappa shape index (κ1) is 30.7. The fraction of sp³-hybridized carbons (Fsp3) is 0.102. The molecular formula is C49H37BO2. The summed E-state index contributed by atoms with van der Waals surface area (Å²) in [7, 11) is 0. The van der Waals surface area contributed by atoms with Crippen molar-refractivity contribution < 1.29 is 9.47 Å². The molecule has 0 amide bonds. The molecule has 0 radical (unpaired) electrons. The predicted octanol–water partition coefficient (Wildman–Crippen LogP) is 11.3. The van der Waals surface area contributed by atoms with Gasteiger partial charge in [-0.2, -0.15) is 0 Å². The molecule has 0 spiro atoms. The Labute approximate surface area is 305 Å². The van der Waals surface area contributed by atoms with Gasteiger partial charge in [0, 0.05) is 5.46 Å². The molecule has 2 nitrogen and oxygen atoms in total. The Morgan fingerprint density at radius 3 is 1.56 bits per heavy atom. The Hall–Kier alpha value is -6.06. The van der Waals surface area contributed by atoms with E-state index in [-0.39, 0.29) is 12.1 Å². The third-order valence-electron chi connectivity index (χ3n) is 11.1. The molecule has 248 valence electrons. The molecule has 8 aromatic carbocycles. The second-order valence-electron chi connectivity index (χ2n) is 15.3. The van der Waals surface area contributed by atoms with Crippen molar-refractivity contribution in [2.24, 2.45) is 0 Å². The highest BCUT2D eigenvalue weighted by Gasteiger charge is 2.41. The summed E-state index contributed by atoms with van der Waals surface area (Å²) in [6.07, 6.45) is 0. The number of rotatable bonds is 3. The molecule has 10 rings (SSSR count). The van der Waals surface area contributed by atoms with E-state index in [1.165, 1.54) is 60.3 Å². The van der Waals surface area contributed by atoms with Crippen LogP contribution in [0.2, 0.25) is 0 Å². The van der Waals surface area contributed by atoms with E-state index in [9.17, 15) is 0 Å². The molecule has 0 fully saturated rings. The van der Waals surface area contributed by atoms with E-state index < -0.39 is 0 Å². The van der Waals surface area contributed by atoms with E-state index in [1.807, 2.05) is 0 Å². The molecule has 52 heavy (non-hydrogen) atoms. The number of hydrogen-bond acceptors (Lipinski definition) is 2. The van der Waals surface area contributed by atoms with Crippen LogP contribution in [0, 0.1) is 6.92 Å². The third-order valence-corrected chi connectivity index (χ3v) is 11.1. The van der Waals surface area contributed by atoms with E-state index >= 15 is 0 Å². The molecule has 0 aliphatic carbocycles. The first-order valence-corrected chi connectivity index (χ1v) is 18.2. The molecule has 0 atom stereocenters. The standard InChI is InChI=1S/C49H37BO2/c1-30-39(29-44-47-48(30)52-43-25-15-13-23-41(43)50(47)40-22-12-14-24-42(40)51-44)32-26-33(28-34(27-32)49(2,3)4)46-37-20-10-8-18-35(37)45(31-16-6-5-7-17-31)36-19-9-11-21-38(36)46/h5-29H,1-4H3. The van der Waals surface area contributed by atoms with E-state index in [2.05, 4.69) is 179 Å². The summed E-state index contributed by atoms with van der Waals surface area (Å²) in [6, 6.07) is 54.9. The van der Waals surface area contributed by atoms with Crippen molar-refractivity contribution in [3.05, 3.63) is 163 Å². The topological polar surface area (TPSA) is 18.5 Å². The summed E-state index contributed by atoms with van der Waals surface area (Å²) in [4.78, 5) is 0. The molecule has 0 aromatic heterocycles. The molecule has 0 saturated carbocycles. The number of ether oxygens (including phenoxy) is 2. The van der Waals surface area contributed by atoms with Crippen LogP contribution in [0.3, 0.4) is 0 Å². The summed E-state index contributed by atoms with van der Waals surface area (Å²) in [6.45, 7) is 9.17. The molecule has 2 heterocycles. The van der Waals surface area contributed by atoms with Crippen LogP contribution in [-0.2, 0) is 5.41 Å². The minimum atomic E-state index is -0.0906. The van der Waals surface area contributed by atoms with Crippen molar-refractivity contribution >= 4 is 44.6 Å². The molecule has 0 N–H and O–H groups in total. The van der Waals surface area contributed by atoms with Gasteiger partial charge in [-0.05, 0) is 114 Å². The SMILES string of the molecule is Cc1c(-c2cc(-c3c4ccccc4c(-c4ccccc4)c4ccccc34)cc(C(C)(C)C)c2)cc2c3c1Oc1ccccc1B3c1ccccc1O2. The molecule has 0 saturated heterocycles. The average molecular weight is 669 g/mol. The molecule has 3 heteroatoms. The lowest BCUT2D eigenvalue weighted by atomic mass is 9.34. The largest absolute Gasteiger partial charge is 0.458 e. The highest BCUT2D eigenvalue weighted by molar-refractivity contribution is 6.98. The summed E-state index contributed by atoms with van der Waals surface area (Å²) >= 11 is 0. The monoisotopic (exact) mass is 668 g/mol. The average Bonchev–Trinajstić information content (AvgIpc) is 3.17. The zero-order chi connectivity index (χ0) is 35.1. The lowest BCUT2D eigenvalue weighted by molar-refractivity contribution is 0.462. The third kappa shape index (κ3) is 4.66. The summed E-state index contributed by atoms with van der Waals surface area (Å²) in [5.74, 6) is 3.57. The lowest BCUT2D eigenvalue weighted by Gasteiger charge is -2.34. The fourth-order valence-electron chi connectivity index (χ4n) is 8.59. The Balaban J connectivity index is 1.25. The minimum absolute atomic E-state index is 0.0463. The van der Waals surface area contributed by atoms with Crippen LogP contribution in [0.4, 0.5) is 0 Å². The Bertz CT molecular complexity index is 2670. The van der Waals surface area contributed by atoms with E-state index in [1.54, 1.807) is 0 Å². The van der Waals surface area contributed by atoms with Gasteiger partial charge in [0.1, 0.15) is 23.0 Å². The number of para-hydroxylation sites is 2. The Morgan fingerprint density at radius 1 is 0.462 bits per heavy atom. The van der Waals surface area contributed by atoms with E-state index in [0.717, 1.165) is 45.2 Å². The quantitative estimate of drug-likeness (QED) is 0.138. The van der Waals surface area contributed by atoms with Crippen LogP contribution >= 0.6 is 0 Å². The van der Waals surface area contributed by atoms with Gasteiger partial charge in [-0.25, -0.2) is 0 Å². The summed E-state index contributed by atoms with van der Waals surface area (Å²) in [5.41, 5.74) is 13.0. The molecular weight excluding hydrogens is 631 g/mol. The van der Waals surface area contributed by atoms with Gasteiger partial charge in [0.05, 0.1) is 0 Å². The van der Waals surface area contributed by atoms with Gasteiger partial charge in [0.25, 0.3) is 6.71 Å². The van der Waals surface area contributed by atoms with Gasteiger partial charge in [-0.3, -0.25) is 0 Å². The van der Waals surface area contributed by atoms with Gasteiger partial charge >= 0.3 is 0 Å². The van der Waals surface area contributed by atoms with Crippen LogP contribution in [0.1, 0.15) is 31.9 Å². The predicted molar refractivity (Wildman–Crippen MR) is 219 cm³/mol. The Kier molecular flexibility index (Phi) is 6.79. The first-order chi connectivity index (χ1) is 25.3.